The van der Waals surface area contributed by atoms with Crippen LogP contribution in [-0.4, -0.2) is 39.5 Å². The second kappa shape index (κ2) is 8.76. The number of hydrogen-bond acceptors (Lipinski definition) is 6. The Hall–Kier alpha value is -3.17. The predicted molar refractivity (Wildman–Crippen MR) is 118 cm³/mol. The average Bonchev–Trinajstić information content (AvgIpc) is 2.82. The molecule has 0 radical (unpaired) electrons. The molecule has 4 rings (SSSR count). The summed E-state index contributed by atoms with van der Waals surface area (Å²) < 4.78 is 34.7. The molecule has 1 aliphatic heterocycles. The first-order valence-corrected chi connectivity index (χ1v) is 10.3. The van der Waals surface area contributed by atoms with Gasteiger partial charge in [0.05, 0.1) is 18.6 Å². The summed E-state index contributed by atoms with van der Waals surface area (Å²) in [6.07, 6.45) is 3.90. The zero-order valence-corrected chi connectivity index (χ0v) is 17.8. The van der Waals surface area contributed by atoms with E-state index in [4.69, 9.17) is 9.84 Å². The first-order chi connectivity index (χ1) is 15.3. The lowest BCUT2D eigenvalue weighted by molar-refractivity contribution is -0.0556. The Labute approximate surface area is 183 Å². The molecule has 0 amide bonds. The maximum Gasteiger partial charge on any atom is 0.295 e. The lowest BCUT2D eigenvalue weighted by atomic mass is 10.0. The number of hydrogen-bond donors (Lipinski definition) is 2. The van der Waals surface area contributed by atoms with E-state index in [-0.39, 0.29) is 17.2 Å². The van der Waals surface area contributed by atoms with Crippen molar-refractivity contribution < 1.29 is 18.6 Å². The Bertz CT molecular complexity index is 1240. The Morgan fingerprint density at radius 3 is 2.84 bits per heavy atom. The number of aromatic nitrogens is 3. The van der Waals surface area contributed by atoms with Crippen LogP contribution in [0.15, 0.2) is 47.5 Å². The Morgan fingerprint density at radius 1 is 1.31 bits per heavy atom. The molecule has 0 saturated heterocycles. The maximum atomic E-state index is 13.9. The molecule has 0 unspecified atom stereocenters. The van der Waals surface area contributed by atoms with Crippen LogP contribution >= 0.6 is 0 Å². The molecule has 3 aromatic rings. The van der Waals surface area contributed by atoms with E-state index < -0.39 is 12.5 Å². The minimum Gasteiger partial charge on any atom is -0.390 e. The third-order valence-corrected chi connectivity index (χ3v) is 5.67. The van der Waals surface area contributed by atoms with Crippen LogP contribution in [0, 0.1) is 0 Å². The molecule has 0 aliphatic carbocycles. The zero-order valence-electron chi connectivity index (χ0n) is 17.8. The molecular weight excluding hydrogens is 418 g/mol. The number of rotatable bonds is 6. The molecule has 0 fully saturated rings. The van der Waals surface area contributed by atoms with E-state index in [1.807, 2.05) is 13.0 Å². The monoisotopic (exact) mass is 442 g/mol. The quantitative estimate of drug-likeness (QED) is 0.608. The molecule has 7 nitrogen and oxygen atoms in total. The van der Waals surface area contributed by atoms with Crippen LogP contribution in [-0.2, 0) is 17.7 Å². The van der Waals surface area contributed by atoms with E-state index in [1.165, 1.54) is 29.1 Å². The van der Waals surface area contributed by atoms with Gasteiger partial charge < -0.3 is 15.2 Å². The van der Waals surface area contributed by atoms with E-state index in [1.54, 1.807) is 19.2 Å². The Kier molecular flexibility index (Phi) is 6.03. The van der Waals surface area contributed by atoms with Crippen molar-refractivity contribution in [2.24, 2.45) is 7.05 Å². The van der Waals surface area contributed by atoms with Gasteiger partial charge in [0.2, 0.25) is 0 Å². The molecule has 2 N–H and O–H groups in total. The van der Waals surface area contributed by atoms with Gasteiger partial charge >= 0.3 is 0 Å². The molecule has 1 atom stereocenters. The number of aliphatic hydroxyl groups excluding tert-OH is 1. The lowest BCUT2D eigenvalue weighted by Gasteiger charge is -2.20. The predicted octanol–water partition coefficient (Wildman–Crippen LogP) is 3.39. The zero-order chi connectivity index (χ0) is 22.9. The fourth-order valence-electron chi connectivity index (χ4n) is 3.80. The van der Waals surface area contributed by atoms with Crippen molar-refractivity contribution in [3.8, 4) is 0 Å². The number of aliphatic hydroxyl groups is 1. The summed E-state index contributed by atoms with van der Waals surface area (Å²) in [4.78, 5) is 21.5. The molecule has 1 aromatic carbocycles. The van der Waals surface area contributed by atoms with Gasteiger partial charge in [0, 0.05) is 24.2 Å². The SMILES string of the molecule is C[C@@H](Nc1ncnc2c1cc(C1=CCOCC1)c(=O)n2C)c1cccc(C(F)(F)CO)c1. The highest BCUT2D eigenvalue weighted by Gasteiger charge is 2.30. The number of aryl methyl sites for hydroxylation is 1. The molecule has 0 bridgehead atoms. The van der Waals surface area contributed by atoms with Crippen LogP contribution < -0.4 is 10.9 Å². The molecule has 32 heavy (non-hydrogen) atoms. The Balaban J connectivity index is 1.74. The van der Waals surface area contributed by atoms with Gasteiger partial charge in [-0.25, -0.2) is 9.97 Å². The fourth-order valence-corrected chi connectivity index (χ4v) is 3.80. The number of ether oxygens (including phenoxy) is 1. The normalized spacial score (nSPS) is 15.5. The highest BCUT2D eigenvalue weighted by atomic mass is 19.3. The molecule has 9 heteroatoms. The second-order valence-electron chi connectivity index (χ2n) is 7.79. The molecule has 168 valence electrons. The van der Waals surface area contributed by atoms with Crippen molar-refractivity contribution in [1.82, 2.24) is 14.5 Å². The smallest absolute Gasteiger partial charge is 0.295 e. The van der Waals surface area contributed by atoms with Crippen molar-refractivity contribution in [3.05, 3.63) is 69.8 Å². The largest absolute Gasteiger partial charge is 0.390 e. The van der Waals surface area contributed by atoms with Crippen LogP contribution in [0.4, 0.5) is 14.6 Å². The molecular formula is C23H24F2N4O3. The van der Waals surface area contributed by atoms with Crippen LogP contribution in [0.3, 0.4) is 0 Å². The van der Waals surface area contributed by atoms with E-state index in [0.717, 1.165) is 5.57 Å². The summed E-state index contributed by atoms with van der Waals surface area (Å²) in [5.74, 6) is -2.83. The summed E-state index contributed by atoms with van der Waals surface area (Å²) in [6.45, 7) is 1.58. The summed E-state index contributed by atoms with van der Waals surface area (Å²) >= 11 is 0. The highest BCUT2D eigenvalue weighted by Crippen LogP contribution is 2.31. The van der Waals surface area contributed by atoms with E-state index in [2.05, 4.69) is 15.3 Å². The van der Waals surface area contributed by atoms with Crippen molar-refractivity contribution in [1.29, 1.82) is 0 Å². The molecule has 0 saturated carbocycles. The van der Waals surface area contributed by atoms with Gasteiger partial charge in [-0.15, -0.1) is 0 Å². The van der Waals surface area contributed by atoms with Gasteiger partial charge in [0.1, 0.15) is 24.4 Å². The third-order valence-electron chi connectivity index (χ3n) is 5.67. The topological polar surface area (TPSA) is 89.3 Å². The second-order valence-corrected chi connectivity index (χ2v) is 7.79. The minimum absolute atomic E-state index is 0.151. The van der Waals surface area contributed by atoms with Gasteiger partial charge in [-0.2, -0.15) is 8.78 Å². The van der Waals surface area contributed by atoms with Crippen molar-refractivity contribution >= 4 is 22.4 Å². The van der Waals surface area contributed by atoms with E-state index >= 15 is 0 Å². The first kappa shape index (κ1) is 22.0. The summed E-state index contributed by atoms with van der Waals surface area (Å²) in [7, 11) is 1.66. The Morgan fingerprint density at radius 2 is 2.12 bits per heavy atom. The number of anilines is 1. The summed E-state index contributed by atoms with van der Waals surface area (Å²) in [5, 5.41) is 12.9. The number of nitrogens with one attached hydrogen (secondary N) is 1. The number of benzene rings is 1. The van der Waals surface area contributed by atoms with Crippen LogP contribution in [0.1, 0.15) is 36.1 Å². The number of alkyl halides is 2. The number of nitrogens with zero attached hydrogens (tertiary/aromatic N) is 3. The fraction of sp³-hybridized carbons (Fsp3) is 0.348. The molecule has 0 spiro atoms. The van der Waals surface area contributed by atoms with Gasteiger partial charge in [0.15, 0.2) is 0 Å². The van der Waals surface area contributed by atoms with Gasteiger partial charge in [-0.05, 0) is 36.6 Å². The number of fused-ring (bicyclic) bond motifs is 1. The first-order valence-electron chi connectivity index (χ1n) is 10.3. The van der Waals surface area contributed by atoms with Crippen LogP contribution in [0.5, 0.6) is 0 Å². The standard InChI is InChI=1S/C23H24F2N4O3/c1-14(16-4-3-5-17(10-16)23(24,25)12-30)28-20-19-11-18(15-6-8-32-9-7-15)22(31)29(2)21(19)27-13-26-20/h3-6,10-11,13-14,30H,7-9,12H2,1-2H3,(H,26,27,28)/t14-/m1/s1. The molecule has 2 aromatic heterocycles. The number of halogens is 2. The lowest BCUT2D eigenvalue weighted by Crippen LogP contribution is -2.23. The van der Waals surface area contributed by atoms with E-state index in [9.17, 15) is 13.6 Å². The van der Waals surface area contributed by atoms with Crippen molar-refractivity contribution in [3.63, 3.8) is 0 Å². The van der Waals surface area contributed by atoms with Gasteiger partial charge in [0.25, 0.3) is 11.5 Å². The summed E-state index contributed by atoms with van der Waals surface area (Å²) in [6, 6.07) is 7.32. The van der Waals surface area contributed by atoms with E-state index in [0.29, 0.717) is 47.6 Å². The van der Waals surface area contributed by atoms with Crippen molar-refractivity contribution in [2.75, 3.05) is 25.1 Å². The van der Waals surface area contributed by atoms with Gasteiger partial charge in [-0.1, -0.05) is 24.3 Å². The van der Waals surface area contributed by atoms with Crippen LogP contribution in [0.25, 0.3) is 16.6 Å². The molecule has 1 aliphatic rings. The van der Waals surface area contributed by atoms with Crippen LogP contribution in [0.2, 0.25) is 0 Å². The number of pyridine rings is 1. The average molecular weight is 442 g/mol. The van der Waals surface area contributed by atoms with Crippen molar-refractivity contribution in [2.45, 2.75) is 25.3 Å². The minimum atomic E-state index is -3.32. The maximum absolute atomic E-state index is 13.9. The third kappa shape index (κ3) is 4.13. The highest BCUT2D eigenvalue weighted by molar-refractivity contribution is 5.89. The summed E-state index contributed by atoms with van der Waals surface area (Å²) in [5.41, 5.74) is 2.16. The van der Waals surface area contributed by atoms with Gasteiger partial charge in [-0.3, -0.25) is 9.36 Å². The molecule has 3 heterocycles.